The van der Waals surface area contributed by atoms with E-state index in [4.69, 9.17) is 9.26 Å². The number of rotatable bonds is 5. The maximum Gasteiger partial charge on any atom is 0.174 e. The Hall–Kier alpha value is -1.95. The molecule has 114 valence electrons. The average Bonchev–Trinajstić information content (AvgIpc) is 2.85. The Balaban J connectivity index is 1.92. The second kappa shape index (κ2) is 6.22. The second-order valence-electron chi connectivity index (χ2n) is 5.75. The molecule has 1 N–H and O–H groups in total. The SMILES string of the molecule is CC(C)(C)NCc1cc(COc2cc(F)ccc2F)on1. The lowest BCUT2D eigenvalue weighted by Gasteiger charge is -2.19. The molecule has 0 atom stereocenters. The van der Waals surface area contributed by atoms with Gasteiger partial charge in [0.1, 0.15) is 12.4 Å². The third-order valence-electron chi connectivity index (χ3n) is 2.67. The van der Waals surface area contributed by atoms with Crippen LogP contribution in [0.15, 0.2) is 28.8 Å². The van der Waals surface area contributed by atoms with Crippen LogP contribution in [0.4, 0.5) is 8.78 Å². The Kier molecular flexibility index (Phi) is 4.57. The van der Waals surface area contributed by atoms with Gasteiger partial charge < -0.3 is 14.6 Å². The van der Waals surface area contributed by atoms with Crippen molar-refractivity contribution in [2.24, 2.45) is 0 Å². The summed E-state index contributed by atoms with van der Waals surface area (Å²) in [4.78, 5) is 0. The third kappa shape index (κ3) is 4.82. The van der Waals surface area contributed by atoms with Crippen LogP contribution in [0.25, 0.3) is 0 Å². The van der Waals surface area contributed by atoms with Gasteiger partial charge in [0.2, 0.25) is 0 Å². The molecule has 6 heteroatoms. The van der Waals surface area contributed by atoms with Crippen molar-refractivity contribution in [2.45, 2.75) is 39.5 Å². The van der Waals surface area contributed by atoms with E-state index in [1.807, 2.05) is 20.8 Å². The zero-order chi connectivity index (χ0) is 15.5. The van der Waals surface area contributed by atoms with E-state index in [-0.39, 0.29) is 17.9 Å². The van der Waals surface area contributed by atoms with E-state index in [9.17, 15) is 8.78 Å². The van der Waals surface area contributed by atoms with Crippen molar-refractivity contribution < 1.29 is 18.0 Å². The number of hydrogen-bond donors (Lipinski definition) is 1. The molecule has 0 radical (unpaired) electrons. The van der Waals surface area contributed by atoms with Gasteiger partial charge in [0, 0.05) is 24.2 Å². The van der Waals surface area contributed by atoms with Crippen LogP contribution >= 0.6 is 0 Å². The predicted molar refractivity (Wildman–Crippen MR) is 73.8 cm³/mol. The van der Waals surface area contributed by atoms with Gasteiger partial charge >= 0.3 is 0 Å². The number of benzene rings is 1. The van der Waals surface area contributed by atoms with Gasteiger partial charge in [-0.1, -0.05) is 5.16 Å². The Morgan fingerprint density at radius 3 is 2.71 bits per heavy atom. The molecule has 0 aliphatic heterocycles. The van der Waals surface area contributed by atoms with E-state index in [1.165, 1.54) is 0 Å². The van der Waals surface area contributed by atoms with Crippen molar-refractivity contribution in [3.8, 4) is 5.75 Å². The normalized spacial score (nSPS) is 11.7. The zero-order valence-electron chi connectivity index (χ0n) is 12.2. The van der Waals surface area contributed by atoms with Crippen LogP contribution in [0.2, 0.25) is 0 Å². The van der Waals surface area contributed by atoms with E-state index in [1.54, 1.807) is 6.07 Å². The summed E-state index contributed by atoms with van der Waals surface area (Å²) in [6.45, 7) is 6.68. The van der Waals surface area contributed by atoms with Gasteiger partial charge in [0.25, 0.3) is 0 Å². The van der Waals surface area contributed by atoms with Crippen LogP contribution in [-0.4, -0.2) is 10.7 Å². The highest BCUT2D eigenvalue weighted by atomic mass is 19.1. The fourth-order valence-corrected chi connectivity index (χ4v) is 1.60. The van der Waals surface area contributed by atoms with Gasteiger partial charge in [-0.15, -0.1) is 0 Å². The molecule has 21 heavy (non-hydrogen) atoms. The number of ether oxygens (including phenoxy) is 1. The molecule has 0 aliphatic rings. The lowest BCUT2D eigenvalue weighted by Crippen LogP contribution is -2.35. The van der Waals surface area contributed by atoms with Gasteiger partial charge in [-0.25, -0.2) is 8.78 Å². The molecule has 0 aliphatic carbocycles. The highest BCUT2D eigenvalue weighted by Crippen LogP contribution is 2.19. The molecule has 0 spiro atoms. The summed E-state index contributed by atoms with van der Waals surface area (Å²) < 4.78 is 36.7. The molecule has 4 nitrogen and oxygen atoms in total. The van der Waals surface area contributed by atoms with Gasteiger partial charge in [0.15, 0.2) is 17.3 Å². The molecule has 0 bridgehead atoms. The Bertz CT molecular complexity index is 606. The summed E-state index contributed by atoms with van der Waals surface area (Å²) in [5, 5.41) is 7.16. The zero-order valence-corrected chi connectivity index (χ0v) is 12.2. The molecule has 0 fully saturated rings. The molecule has 0 unspecified atom stereocenters. The molecule has 1 aromatic carbocycles. The summed E-state index contributed by atoms with van der Waals surface area (Å²) in [6.07, 6.45) is 0. The largest absolute Gasteiger partial charge is 0.482 e. The lowest BCUT2D eigenvalue weighted by molar-refractivity contribution is 0.238. The van der Waals surface area contributed by atoms with Crippen molar-refractivity contribution in [1.82, 2.24) is 10.5 Å². The molecule has 0 saturated carbocycles. The van der Waals surface area contributed by atoms with Crippen LogP contribution in [-0.2, 0) is 13.2 Å². The highest BCUT2D eigenvalue weighted by Gasteiger charge is 2.12. The van der Waals surface area contributed by atoms with Gasteiger partial charge in [-0.2, -0.15) is 0 Å². The topological polar surface area (TPSA) is 47.3 Å². The minimum Gasteiger partial charge on any atom is -0.482 e. The molecule has 0 saturated heterocycles. The number of nitrogens with one attached hydrogen (secondary N) is 1. The number of hydrogen-bond acceptors (Lipinski definition) is 4. The summed E-state index contributed by atoms with van der Waals surface area (Å²) >= 11 is 0. The van der Waals surface area contributed by atoms with Gasteiger partial charge in [-0.3, -0.25) is 0 Å². The summed E-state index contributed by atoms with van der Waals surface area (Å²) in [7, 11) is 0. The maximum absolute atomic E-state index is 13.4. The first-order valence-corrected chi connectivity index (χ1v) is 6.61. The summed E-state index contributed by atoms with van der Waals surface area (Å²) in [5.74, 6) is -0.880. The number of aromatic nitrogens is 1. The van der Waals surface area contributed by atoms with Crippen molar-refractivity contribution in [1.29, 1.82) is 0 Å². The van der Waals surface area contributed by atoms with Gasteiger partial charge in [0.05, 0.1) is 5.69 Å². The fraction of sp³-hybridized carbons (Fsp3) is 0.400. The maximum atomic E-state index is 13.4. The first-order chi connectivity index (χ1) is 9.83. The first-order valence-electron chi connectivity index (χ1n) is 6.61. The minimum atomic E-state index is -0.620. The van der Waals surface area contributed by atoms with Crippen molar-refractivity contribution >= 4 is 0 Å². The van der Waals surface area contributed by atoms with E-state index in [0.29, 0.717) is 12.3 Å². The molecule has 2 aromatic rings. The highest BCUT2D eigenvalue weighted by molar-refractivity contribution is 5.25. The van der Waals surface area contributed by atoms with E-state index < -0.39 is 11.6 Å². The fourth-order valence-electron chi connectivity index (χ4n) is 1.60. The third-order valence-corrected chi connectivity index (χ3v) is 2.67. The molecule has 0 amide bonds. The van der Waals surface area contributed by atoms with Crippen molar-refractivity contribution in [2.75, 3.05) is 0 Å². The second-order valence-corrected chi connectivity index (χ2v) is 5.75. The lowest BCUT2D eigenvalue weighted by atomic mass is 10.1. The van der Waals surface area contributed by atoms with E-state index in [2.05, 4.69) is 10.5 Å². The van der Waals surface area contributed by atoms with E-state index >= 15 is 0 Å². The average molecular weight is 296 g/mol. The summed E-state index contributed by atoms with van der Waals surface area (Å²) in [6, 6.07) is 4.76. The van der Waals surface area contributed by atoms with Gasteiger partial charge in [-0.05, 0) is 32.9 Å². The smallest absolute Gasteiger partial charge is 0.174 e. The minimum absolute atomic E-state index is 0.0110. The van der Waals surface area contributed by atoms with Crippen LogP contribution in [0.1, 0.15) is 32.2 Å². The Morgan fingerprint density at radius 1 is 1.24 bits per heavy atom. The molecular weight excluding hydrogens is 278 g/mol. The number of nitrogens with zero attached hydrogens (tertiary/aromatic N) is 1. The van der Waals surface area contributed by atoms with E-state index in [0.717, 1.165) is 23.9 Å². The van der Waals surface area contributed by atoms with Crippen molar-refractivity contribution in [3.63, 3.8) is 0 Å². The monoisotopic (exact) mass is 296 g/mol. The summed E-state index contributed by atoms with van der Waals surface area (Å²) in [5.41, 5.74) is 0.698. The Labute approximate surface area is 122 Å². The molecule has 2 rings (SSSR count). The predicted octanol–water partition coefficient (Wildman–Crippen LogP) is 3.42. The first kappa shape index (κ1) is 15.4. The molecule has 1 aromatic heterocycles. The Morgan fingerprint density at radius 2 is 2.00 bits per heavy atom. The van der Waals surface area contributed by atoms with Crippen molar-refractivity contribution in [3.05, 3.63) is 47.4 Å². The van der Waals surface area contributed by atoms with Crippen LogP contribution in [0.5, 0.6) is 5.75 Å². The van der Waals surface area contributed by atoms with Crippen LogP contribution < -0.4 is 10.1 Å². The standard InChI is InChI=1S/C15H18F2N2O2/c1-15(2,3)18-8-11-7-12(21-19-11)9-20-14-6-10(16)4-5-13(14)17/h4-7,18H,8-9H2,1-3H3. The molecule has 1 heterocycles. The number of halogens is 2. The quantitative estimate of drug-likeness (QED) is 0.918. The van der Waals surface area contributed by atoms with Crippen LogP contribution in [0.3, 0.4) is 0 Å². The van der Waals surface area contributed by atoms with Crippen LogP contribution in [0, 0.1) is 11.6 Å². The molecular formula is C15H18F2N2O2.